The van der Waals surface area contributed by atoms with E-state index in [2.05, 4.69) is 33.8 Å². The summed E-state index contributed by atoms with van der Waals surface area (Å²) in [5, 5.41) is 0. The van der Waals surface area contributed by atoms with Gasteiger partial charge >= 0.3 is 0 Å². The van der Waals surface area contributed by atoms with Crippen LogP contribution in [-0.4, -0.2) is 29.8 Å². The third-order valence-electron chi connectivity index (χ3n) is 4.90. The molecule has 2 N–H and O–H groups in total. The molecule has 1 saturated carbocycles. The number of amides is 2. The van der Waals surface area contributed by atoms with Crippen molar-refractivity contribution in [3.05, 3.63) is 11.6 Å². The molecule has 0 radical (unpaired) electrons. The van der Waals surface area contributed by atoms with Gasteiger partial charge in [-0.05, 0) is 38.0 Å². The van der Waals surface area contributed by atoms with Gasteiger partial charge < -0.3 is 10.6 Å². The van der Waals surface area contributed by atoms with Gasteiger partial charge in [0.1, 0.15) is 0 Å². The van der Waals surface area contributed by atoms with Crippen LogP contribution in [0, 0.1) is 23.2 Å². The number of likely N-dealkylation sites (tertiary alicyclic amines) is 1. The van der Waals surface area contributed by atoms with Gasteiger partial charge in [0.05, 0.1) is 5.92 Å². The first-order valence-corrected chi connectivity index (χ1v) is 7.48. The molecule has 2 fully saturated rings. The van der Waals surface area contributed by atoms with Gasteiger partial charge in [-0.2, -0.15) is 0 Å². The first kappa shape index (κ1) is 15.1. The van der Waals surface area contributed by atoms with Crippen molar-refractivity contribution in [3.63, 3.8) is 0 Å². The van der Waals surface area contributed by atoms with E-state index in [1.807, 2.05) is 4.90 Å². The molecule has 2 atom stereocenters. The third kappa shape index (κ3) is 2.74. The number of rotatable bonds is 3. The van der Waals surface area contributed by atoms with Crippen LogP contribution in [0.3, 0.4) is 0 Å². The maximum absolute atomic E-state index is 12.6. The van der Waals surface area contributed by atoms with E-state index in [4.69, 9.17) is 5.73 Å². The number of carbonyl (C=O) groups excluding carboxylic acids is 2. The molecule has 4 heteroatoms. The lowest BCUT2D eigenvalue weighted by Gasteiger charge is -2.31. The smallest absolute Gasteiger partial charge is 0.226 e. The Hall–Kier alpha value is -1.32. The van der Waals surface area contributed by atoms with Crippen molar-refractivity contribution in [2.24, 2.45) is 28.9 Å². The molecule has 2 aliphatic rings. The highest BCUT2D eigenvalue weighted by molar-refractivity contribution is 5.84. The van der Waals surface area contributed by atoms with Gasteiger partial charge in [0.25, 0.3) is 0 Å². The maximum atomic E-state index is 12.6. The highest BCUT2D eigenvalue weighted by Gasteiger charge is 2.61. The van der Waals surface area contributed by atoms with Crippen LogP contribution >= 0.6 is 0 Å². The van der Waals surface area contributed by atoms with Crippen LogP contribution in [0.5, 0.6) is 0 Å². The minimum absolute atomic E-state index is 0.0557. The molecule has 0 aromatic rings. The molecule has 20 heavy (non-hydrogen) atoms. The number of allylic oxidation sites excluding steroid dienone is 2. The van der Waals surface area contributed by atoms with Crippen molar-refractivity contribution in [2.45, 2.75) is 40.5 Å². The molecule has 2 rings (SSSR count). The largest absolute Gasteiger partial charge is 0.369 e. The number of carbonyl (C=O) groups is 2. The molecule has 0 aromatic carbocycles. The van der Waals surface area contributed by atoms with E-state index >= 15 is 0 Å². The molecule has 1 saturated heterocycles. The highest BCUT2D eigenvalue weighted by atomic mass is 16.2. The summed E-state index contributed by atoms with van der Waals surface area (Å²) in [5.74, 6) is 0.419. The number of piperidine rings is 1. The van der Waals surface area contributed by atoms with Crippen LogP contribution in [0.2, 0.25) is 0 Å². The van der Waals surface area contributed by atoms with Gasteiger partial charge in [-0.1, -0.05) is 25.5 Å². The Balaban J connectivity index is 1.97. The average molecular weight is 278 g/mol. The lowest BCUT2D eigenvalue weighted by atomic mass is 9.95. The van der Waals surface area contributed by atoms with Crippen LogP contribution < -0.4 is 5.73 Å². The molecule has 0 unspecified atom stereocenters. The van der Waals surface area contributed by atoms with E-state index in [0.29, 0.717) is 31.8 Å². The van der Waals surface area contributed by atoms with E-state index in [1.165, 1.54) is 5.57 Å². The molecule has 4 nitrogen and oxygen atoms in total. The van der Waals surface area contributed by atoms with Crippen molar-refractivity contribution in [3.8, 4) is 0 Å². The number of nitrogens with zero attached hydrogens (tertiary/aromatic N) is 1. The molecule has 0 spiro atoms. The van der Waals surface area contributed by atoms with Gasteiger partial charge in [-0.15, -0.1) is 0 Å². The quantitative estimate of drug-likeness (QED) is 0.802. The fourth-order valence-electron chi connectivity index (χ4n) is 3.40. The number of hydrogen-bond acceptors (Lipinski definition) is 2. The second-order valence-corrected chi connectivity index (χ2v) is 7.07. The van der Waals surface area contributed by atoms with Crippen molar-refractivity contribution in [1.82, 2.24) is 4.90 Å². The van der Waals surface area contributed by atoms with E-state index in [-0.39, 0.29) is 29.1 Å². The Kier molecular flexibility index (Phi) is 3.94. The summed E-state index contributed by atoms with van der Waals surface area (Å²) in [6, 6.07) is 0. The Morgan fingerprint density at radius 1 is 1.20 bits per heavy atom. The van der Waals surface area contributed by atoms with Gasteiger partial charge in [0.15, 0.2) is 0 Å². The second-order valence-electron chi connectivity index (χ2n) is 7.07. The van der Waals surface area contributed by atoms with Gasteiger partial charge in [0, 0.05) is 19.0 Å². The Morgan fingerprint density at radius 3 is 2.20 bits per heavy atom. The zero-order valence-electron chi connectivity index (χ0n) is 13.0. The third-order valence-corrected chi connectivity index (χ3v) is 4.90. The molecule has 1 heterocycles. The second kappa shape index (κ2) is 5.23. The summed E-state index contributed by atoms with van der Waals surface area (Å²) < 4.78 is 0. The molecule has 112 valence electrons. The lowest BCUT2D eigenvalue weighted by Crippen LogP contribution is -2.43. The first-order chi connectivity index (χ1) is 9.25. The van der Waals surface area contributed by atoms with Crippen LogP contribution in [0.15, 0.2) is 11.6 Å². The maximum Gasteiger partial charge on any atom is 0.226 e. The number of primary amides is 1. The van der Waals surface area contributed by atoms with Crippen LogP contribution in [0.25, 0.3) is 0 Å². The highest BCUT2D eigenvalue weighted by Crippen LogP contribution is 2.60. The molecule has 2 amide bonds. The van der Waals surface area contributed by atoms with E-state index in [9.17, 15) is 9.59 Å². The summed E-state index contributed by atoms with van der Waals surface area (Å²) in [6.07, 6.45) is 3.64. The molecule has 1 aliphatic carbocycles. The normalized spacial score (nSPS) is 28.9. The summed E-state index contributed by atoms with van der Waals surface area (Å²) in [4.78, 5) is 25.7. The molecule has 0 aromatic heterocycles. The molecule has 0 bridgehead atoms. The summed E-state index contributed by atoms with van der Waals surface area (Å²) in [7, 11) is 0. The minimum Gasteiger partial charge on any atom is -0.369 e. The van der Waals surface area contributed by atoms with Gasteiger partial charge in [-0.25, -0.2) is 0 Å². The summed E-state index contributed by atoms with van der Waals surface area (Å²) in [6.45, 7) is 9.81. The molecule has 1 aliphatic heterocycles. The van der Waals surface area contributed by atoms with Gasteiger partial charge in [0.2, 0.25) is 11.8 Å². The van der Waals surface area contributed by atoms with Gasteiger partial charge in [-0.3, -0.25) is 9.59 Å². The molecular formula is C16H26N2O2. The standard InChI is InChI=1S/C16H26N2O2/c1-10(2)9-12-13(16(12,3)4)15(20)18-7-5-11(6-8-18)14(17)19/h9,11-13H,5-8H2,1-4H3,(H2,17,19)/t12-,13+/m1/s1. The lowest BCUT2D eigenvalue weighted by molar-refractivity contribution is -0.136. The molecular weight excluding hydrogens is 252 g/mol. The predicted molar refractivity (Wildman–Crippen MR) is 78.7 cm³/mol. The van der Waals surface area contributed by atoms with E-state index in [0.717, 1.165) is 0 Å². The fourth-order valence-corrected chi connectivity index (χ4v) is 3.40. The zero-order valence-corrected chi connectivity index (χ0v) is 13.0. The number of nitrogens with two attached hydrogens (primary N) is 1. The van der Waals surface area contributed by atoms with E-state index < -0.39 is 0 Å². The zero-order chi connectivity index (χ0) is 15.1. The first-order valence-electron chi connectivity index (χ1n) is 7.48. The van der Waals surface area contributed by atoms with Crippen LogP contribution in [-0.2, 0) is 9.59 Å². The van der Waals surface area contributed by atoms with Crippen molar-refractivity contribution < 1.29 is 9.59 Å². The fraction of sp³-hybridized carbons (Fsp3) is 0.750. The van der Waals surface area contributed by atoms with Crippen molar-refractivity contribution in [1.29, 1.82) is 0 Å². The van der Waals surface area contributed by atoms with Crippen molar-refractivity contribution in [2.75, 3.05) is 13.1 Å². The summed E-state index contributed by atoms with van der Waals surface area (Å²) in [5.41, 5.74) is 6.66. The van der Waals surface area contributed by atoms with E-state index in [1.54, 1.807) is 0 Å². The topological polar surface area (TPSA) is 63.4 Å². The van der Waals surface area contributed by atoms with Crippen LogP contribution in [0.1, 0.15) is 40.5 Å². The Labute approximate surface area is 121 Å². The summed E-state index contributed by atoms with van der Waals surface area (Å²) >= 11 is 0. The Bertz CT molecular complexity index is 441. The predicted octanol–water partition coefficient (Wildman–Crippen LogP) is 1.95. The Morgan fingerprint density at radius 2 is 1.75 bits per heavy atom. The van der Waals surface area contributed by atoms with Crippen LogP contribution in [0.4, 0.5) is 0 Å². The number of hydrogen-bond donors (Lipinski definition) is 1. The monoisotopic (exact) mass is 278 g/mol. The SMILES string of the molecule is CC(C)=C[C@@H]1[C@@H](C(=O)N2CCC(C(N)=O)CC2)C1(C)C. The minimum atomic E-state index is -0.230. The van der Waals surface area contributed by atoms with Crippen molar-refractivity contribution >= 4 is 11.8 Å². The average Bonchev–Trinajstić information content (AvgIpc) is 2.89.